The van der Waals surface area contributed by atoms with Crippen LogP contribution in [0.3, 0.4) is 0 Å². The van der Waals surface area contributed by atoms with Crippen molar-refractivity contribution in [2.45, 2.75) is 43.8 Å². The van der Waals surface area contributed by atoms with E-state index < -0.39 is 0 Å². The fourth-order valence-electron chi connectivity index (χ4n) is 4.16. The van der Waals surface area contributed by atoms with Gasteiger partial charge in [-0.05, 0) is 37.3 Å². The normalized spacial score (nSPS) is 23.6. The number of carbonyl (C=O) groups is 2. The molecule has 4 rings (SSSR count). The summed E-state index contributed by atoms with van der Waals surface area (Å²) < 4.78 is 5.49. The molecule has 3 fully saturated rings. The number of amides is 3. The molecule has 1 aromatic carbocycles. The van der Waals surface area contributed by atoms with Gasteiger partial charge in [0.05, 0.1) is 19.3 Å². The molecular formula is C21H29ClN4O3. The molecule has 29 heavy (non-hydrogen) atoms. The second-order valence-corrected chi connectivity index (χ2v) is 8.41. The van der Waals surface area contributed by atoms with Crippen molar-refractivity contribution < 1.29 is 14.3 Å². The highest BCUT2D eigenvalue weighted by Crippen LogP contribution is 2.28. The molecular weight excluding hydrogens is 392 g/mol. The summed E-state index contributed by atoms with van der Waals surface area (Å²) in [5.74, 6) is -0.0176. The van der Waals surface area contributed by atoms with Gasteiger partial charge in [0.25, 0.3) is 0 Å². The summed E-state index contributed by atoms with van der Waals surface area (Å²) in [6, 6.07) is 7.50. The lowest BCUT2D eigenvalue weighted by molar-refractivity contribution is -0.124. The second-order valence-electron chi connectivity index (χ2n) is 8.01. The molecule has 0 spiro atoms. The minimum Gasteiger partial charge on any atom is -0.379 e. The zero-order valence-electron chi connectivity index (χ0n) is 16.6. The third-order valence-corrected chi connectivity index (χ3v) is 6.28. The highest BCUT2D eigenvalue weighted by Gasteiger charge is 2.37. The van der Waals surface area contributed by atoms with Crippen LogP contribution < -0.4 is 10.6 Å². The Bertz CT molecular complexity index is 736. The number of morpholine rings is 1. The van der Waals surface area contributed by atoms with Crippen molar-refractivity contribution in [3.05, 3.63) is 34.9 Å². The molecule has 0 radical (unpaired) electrons. The van der Waals surface area contributed by atoms with Crippen molar-refractivity contribution in [1.82, 2.24) is 20.4 Å². The summed E-state index contributed by atoms with van der Waals surface area (Å²) >= 11 is 6.47. The number of urea groups is 1. The van der Waals surface area contributed by atoms with Gasteiger partial charge in [0.1, 0.15) is 6.04 Å². The van der Waals surface area contributed by atoms with E-state index in [1.807, 2.05) is 24.3 Å². The number of hydrogen-bond donors (Lipinski definition) is 2. The van der Waals surface area contributed by atoms with Crippen molar-refractivity contribution in [3.8, 4) is 0 Å². The minimum atomic E-state index is -0.363. The maximum atomic E-state index is 12.9. The number of nitrogens with zero attached hydrogens (tertiary/aromatic N) is 2. The van der Waals surface area contributed by atoms with Gasteiger partial charge in [0, 0.05) is 37.2 Å². The van der Waals surface area contributed by atoms with Gasteiger partial charge in [0.2, 0.25) is 5.91 Å². The Hall–Kier alpha value is -1.83. The largest absolute Gasteiger partial charge is 0.379 e. The lowest BCUT2D eigenvalue weighted by atomic mass is 10.0. The molecule has 2 atom stereocenters. The SMILES string of the molecule is O=C(NC1CC1)C1CCCN1C(=O)NCC(c1ccccc1Cl)N1CCOCC1. The van der Waals surface area contributed by atoms with Crippen LogP contribution in [0.15, 0.2) is 24.3 Å². The molecule has 2 unspecified atom stereocenters. The van der Waals surface area contributed by atoms with Crippen LogP contribution in [-0.2, 0) is 9.53 Å². The van der Waals surface area contributed by atoms with E-state index in [0.29, 0.717) is 37.4 Å². The van der Waals surface area contributed by atoms with Gasteiger partial charge in [-0.2, -0.15) is 0 Å². The smallest absolute Gasteiger partial charge is 0.318 e. The maximum Gasteiger partial charge on any atom is 0.318 e. The Kier molecular flexibility index (Phi) is 6.57. The van der Waals surface area contributed by atoms with E-state index >= 15 is 0 Å². The van der Waals surface area contributed by atoms with Crippen LogP contribution >= 0.6 is 11.6 Å². The molecule has 3 amide bonds. The van der Waals surface area contributed by atoms with Crippen molar-refractivity contribution in [1.29, 1.82) is 0 Å². The Morgan fingerprint density at radius 2 is 1.90 bits per heavy atom. The number of rotatable bonds is 6. The van der Waals surface area contributed by atoms with Crippen LogP contribution in [0.4, 0.5) is 4.79 Å². The number of halogens is 1. The highest BCUT2D eigenvalue weighted by molar-refractivity contribution is 6.31. The third kappa shape index (κ3) is 5.02. The van der Waals surface area contributed by atoms with E-state index in [0.717, 1.165) is 44.3 Å². The number of likely N-dealkylation sites (tertiary alicyclic amines) is 1. The van der Waals surface area contributed by atoms with Gasteiger partial charge >= 0.3 is 6.03 Å². The number of benzene rings is 1. The van der Waals surface area contributed by atoms with Crippen LogP contribution in [-0.4, -0.2) is 73.2 Å². The molecule has 7 nitrogen and oxygen atoms in total. The van der Waals surface area contributed by atoms with E-state index in [-0.39, 0.29) is 24.0 Å². The molecule has 8 heteroatoms. The van der Waals surface area contributed by atoms with Crippen molar-refractivity contribution in [3.63, 3.8) is 0 Å². The Morgan fingerprint density at radius 1 is 1.14 bits per heavy atom. The van der Waals surface area contributed by atoms with Crippen LogP contribution in [0.5, 0.6) is 0 Å². The average molecular weight is 421 g/mol. The first-order valence-electron chi connectivity index (χ1n) is 10.5. The van der Waals surface area contributed by atoms with E-state index in [9.17, 15) is 9.59 Å². The average Bonchev–Trinajstić information content (AvgIpc) is 3.41. The van der Waals surface area contributed by atoms with Crippen molar-refractivity contribution in [2.75, 3.05) is 39.4 Å². The molecule has 0 aromatic heterocycles. The predicted molar refractivity (Wildman–Crippen MR) is 111 cm³/mol. The second kappa shape index (κ2) is 9.32. The summed E-state index contributed by atoms with van der Waals surface area (Å²) in [5.41, 5.74) is 1.00. The summed E-state index contributed by atoms with van der Waals surface area (Å²) in [4.78, 5) is 29.4. The molecule has 2 N–H and O–H groups in total. The highest BCUT2D eigenvalue weighted by atomic mass is 35.5. The predicted octanol–water partition coefficient (Wildman–Crippen LogP) is 2.17. The van der Waals surface area contributed by atoms with Crippen molar-refractivity contribution in [2.24, 2.45) is 0 Å². The van der Waals surface area contributed by atoms with E-state index in [4.69, 9.17) is 16.3 Å². The van der Waals surface area contributed by atoms with E-state index in [1.54, 1.807) is 4.90 Å². The molecule has 2 aliphatic heterocycles. The minimum absolute atomic E-state index is 0.0176. The Morgan fingerprint density at radius 3 is 2.62 bits per heavy atom. The first kappa shape index (κ1) is 20.4. The number of nitrogens with one attached hydrogen (secondary N) is 2. The molecule has 0 bridgehead atoms. The molecule has 2 heterocycles. The van der Waals surface area contributed by atoms with Crippen LogP contribution in [0, 0.1) is 0 Å². The summed E-state index contributed by atoms with van der Waals surface area (Å²) in [7, 11) is 0. The Labute approximate surface area is 176 Å². The fraction of sp³-hybridized carbons (Fsp3) is 0.619. The number of ether oxygens (including phenoxy) is 1. The van der Waals surface area contributed by atoms with Gasteiger partial charge in [-0.25, -0.2) is 4.79 Å². The molecule has 1 aliphatic carbocycles. The lowest BCUT2D eigenvalue weighted by Gasteiger charge is -2.35. The molecule has 1 saturated carbocycles. The van der Waals surface area contributed by atoms with Gasteiger partial charge in [-0.3, -0.25) is 9.69 Å². The van der Waals surface area contributed by atoms with Gasteiger partial charge < -0.3 is 20.3 Å². The molecule has 1 aromatic rings. The third-order valence-electron chi connectivity index (χ3n) is 5.94. The first-order valence-corrected chi connectivity index (χ1v) is 10.9. The number of hydrogen-bond acceptors (Lipinski definition) is 4. The van der Waals surface area contributed by atoms with Crippen LogP contribution in [0.2, 0.25) is 5.02 Å². The van der Waals surface area contributed by atoms with E-state index in [2.05, 4.69) is 15.5 Å². The summed E-state index contributed by atoms with van der Waals surface area (Å²) in [5, 5.41) is 6.79. The summed E-state index contributed by atoms with van der Waals surface area (Å²) in [6.45, 7) is 3.98. The lowest BCUT2D eigenvalue weighted by Crippen LogP contribution is -2.51. The fourth-order valence-corrected chi connectivity index (χ4v) is 4.42. The summed E-state index contributed by atoms with van der Waals surface area (Å²) in [6.07, 6.45) is 3.67. The van der Waals surface area contributed by atoms with Gasteiger partial charge in [-0.1, -0.05) is 29.8 Å². The maximum absolute atomic E-state index is 12.9. The zero-order chi connectivity index (χ0) is 20.2. The van der Waals surface area contributed by atoms with Crippen molar-refractivity contribution >= 4 is 23.5 Å². The van der Waals surface area contributed by atoms with Crippen LogP contribution in [0.25, 0.3) is 0 Å². The molecule has 2 saturated heterocycles. The first-order chi connectivity index (χ1) is 14.1. The standard InChI is InChI=1S/C21H29ClN4O3/c22-17-5-2-1-4-16(17)19(25-10-12-29-13-11-25)14-23-21(28)26-9-3-6-18(26)20(27)24-15-7-8-15/h1-2,4-5,15,18-19H,3,6-14H2,(H,23,28)(H,24,27). The monoisotopic (exact) mass is 420 g/mol. The number of carbonyl (C=O) groups excluding carboxylic acids is 2. The Balaban J connectivity index is 1.41. The molecule has 3 aliphatic rings. The molecule has 158 valence electrons. The van der Waals surface area contributed by atoms with E-state index in [1.165, 1.54) is 0 Å². The van der Waals surface area contributed by atoms with Gasteiger partial charge in [-0.15, -0.1) is 0 Å². The quantitative estimate of drug-likeness (QED) is 0.739. The topological polar surface area (TPSA) is 73.9 Å². The van der Waals surface area contributed by atoms with Gasteiger partial charge in [0.15, 0.2) is 0 Å². The zero-order valence-corrected chi connectivity index (χ0v) is 17.4. The van der Waals surface area contributed by atoms with Crippen LogP contribution in [0.1, 0.15) is 37.3 Å².